The van der Waals surface area contributed by atoms with Gasteiger partial charge in [0.25, 0.3) is 0 Å². The fourth-order valence-electron chi connectivity index (χ4n) is 4.26. The highest BCUT2D eigenvalue weighted by Gasteiger charge is 2.47. The molecular weight excluding hydrogens is 378 g/mol. The third-order valence-corrected chi connectivity index (χ3v) is 6.56. The molecule has 2 aromatic carbocycles. The predicted octanol–water partition coefficient (Wildman–Crippen LogP) is 5.47. The summed E-state index contributed by atoms with van der Waals surface area (Å²) in [4.78, 5) is 0. The molecule has 4 heteroatoms. The molecular formula is C21H24BrNO2. The maximum Gasteiger partial charge on any atom is 0.167 e. The number of halogens is 1. The Bertz CT molecular complexity index is 831. The van der Waals surface area contributed by atoms with Crippen LogP contribution in [0.1, 0.15) is 43.5 Å². The van der Waals surface area contributed by atoms with E-state index in [0.29, 0.717) is 12.5 Å². The molecule has 0 saturated heterocycles. The minimum absolute atomic E-state index is 0.0244. The highest BCUT2D eigenvalue weighted by atomic mass is 79.9. The molecule has 0 saturated carbocycles. The van der Waals surface area contributed by atoms with E-state index in [-0.39, 0.29) is 11.5 Å². The average Bonchev–Trinajstić information content (AvgIpc) is 2.61. The van der Waals surface area contributed by atoms with Crippen molar-refractivity contribution >= 4 is 21.6 Å². The summed E-state index contributed by atoms with van der Waals surface area (Å²) in [5.41, 5.74) is 5.18. The normalized spacial score (nSPS) is 22.8. The van der Waals surface area contributed by atoms with Crippen molar-refractivity contribution in [2.24, 2.45) is 5.92 Å². The number of anilines is 1. The molecule has 25 heavy (non-hydrogen) atoms. The summed E-state index contributed by atoms with van der Waals surface area (Å²) in [6.07, 6.45) is 1.06. The summed E-state index contributed by atoms with van der Waals surface area (Å²) in [7, 11) is 1.69. The molecule has 0 bridgehead atoms. The quantitative estimate of drug-likeness (QED) is 0.722. The SMILES string of the molecule is CCc1ccc2c(c1)C(C)(C)C1COc3c(OC)ccc(Br)c3C1N2. The third kappa shape index (κ3) is 2.45. The van der Waals surface area contributed by atoms with Crippen LogP contribution in [-0.2, 0) is 11.8 Å². The second-order valence-electron chi connectivity index (χ2n) is 7.49. The van der Waals surface area contributed by atoms with E-state index in [2.05, 4.69) is 60.2 Å². The van der Waals surface area contributed by atoms with Crippen LogP contribution in [0, 0.1) is 5.92 Å². The first kappa shape index (κ1) is 16.8. The van der Waals surface area contributed by atoms with Gasteiger partial charge < -0.3 is 14.8 Å². The zero-order valence-corrected chi connectivity index (χ0v) is 16.7. The van der Waals surface area contributed by atoms with Crippen molar-refractivity contribution in [2.45, 2.75) is 38.6 Å². The smallest absolute Gasteiger partial charge is 0.167 e. The van der Waals surface area contributed by atoms with Crippen LogP contribution in [0.2, 0.25) is 0 Å². The number of hydrogen-bond acceptors (Lipinski definition) is 3. The van der Waals surface area contributed by atoms with Gasteiger partial charge in [-0.15, -0.1) is 0 Å². The first-order chi connectivity index (χ1) is 12.0. The number of nitrogens with one attached hydrogen (secondary N) is 1. The Kier molecular flexibility index (Phi) is 3.99. The third-order valence-electron chi connectivity index (χ3n) is 5.87. The first-order valence-electron chi connectivity index (χ1n) is 8.86. The van der Waals surface area contributed by atoms with Gasteiger partial charge >= 0.3 is 0 Å². The Morgan fingerprint density at radius 3 is 2.80 bits per heavy atom. The molecule has 2 unspecified atom stereocenters. The van der Waals surface area contributed by atoms with E-state index >= 15 is 0 Å². The van der Waals surface area contributed by atoms with E-state index in [1.165, 1.54) is 16.8 Å². The molecule has 4 rings (SSSR count). The van der Waals surface area contributed by atoms with Gasteiger partial charge in [-0.05, 0) is 35.7 Å². The van der Waals surface area contributed by atoms with Crippen LogP contribution in [0.15, 0.2) is 34.8 Å². The summed E-state index contributed by atoms with van der Waals surface area (Å²) in [6, 6.07) is 11.0. The average molecular weight is 402 g/mol. The maximum absolute atomic E-state index is 6.21. The van der Waals surface area contributed by atoms with Gasteiger partial charge in [0.1, 0.15) is 0 Å². The lowest BCUT2D eigenvalue weighted by Gasteiger charge is -2.49. The zero-order chi connectivity index (χ0) is 17.8. The second kappa shape index (κ2) is 5.94. The fourth-order valence-corrected chi connectivity index (χ4v) is 4.82. The topological polar surface area (TPSA) is 30.5 Å². The van der Waals surface area contributed by atoms with Crippen molar-refractivity contribution < 1.29 is 9.47 Å². The van der Waals surface area contributed by atoms with Gasteiger partial charge in [0.15, 0.2) is 11.5 Å². The molecule has 2 heterocycles. The van der Waals surface area contributed by atoms with Crippen molar-refractivity contribution in [3.63, 3.8) is 0 Å². The number of hydrogen-bond donors (Lipinski definition) is 1. The Balaban J connectivity index is 1.88. The Hall–Kier alpha value is -1.68. The number of benzene rings is 2. The van der Waals surface area contributed by atoms with Gasteiger partial charge in [-0.2, -0.15) is 0 Å². The number of fused-ring (bicyclic) bond motifs is 4. The predicted molar refractivity (Wildman–Crippen MR) is 105 cm³/mol. The van der Waals surface area contributed by atoms with Crippen LogP contribution in [-0.4, -0.2) is 13.7 Å². The summed E-state index contributed by atoms with van der Waals surface area (Å²) >= 11 is 3.73. The van der Waals surface area contributed by atoms with Crippen LogP contribution < -0.4 is 14.8 Å². The second-order valence-corrected chi connectivity index (χ2v) is 8.34. The highest BCUT2D eigenvalue weighted by molar-refractivity contribution is 9.10. The van der Waals surface area contributed by atoms with Gasteiger partial charge in [0, 0.05) is 27.1 Å². The van der Waals surface area contributed by atoms with Gasteiger partial charge in [-0.25, -0.2) is 0 Å². The standard InChI is InChI=1S/C21H24BrNO2/c1-5-12-6-8-16-13(10-12)21(2,3)14-11-25-20-17(24-4)9-7-15(22)18(20)19(14)23-16/h6-10,14,19,23H,5,11H2,1-4H3. The monoisotopic (exact) mass is 401 g/mol. The molecule has 2 aliphatic rings. The largest absolute Gasteiger partial charge is 0.493 e. The van der Waals surface area contributed by atoms with Crippen molar-refractivity contribution in [1.82, 2.24) is 0 Å². The summed E-state index contributed by atoms with van der Waals surface area (Å²) < 4.78 is 12.8. The number of rotatable bonds is 2. The molecule has 0 aromatic heterocycles. The Labute approximate surface area is 157 Å². The highest BCUT2D eigenvalue weighted by Crippen LogP contribution is 2.55. The lowest BCUT2D eigenvalue weighted by Crippen LogP contribution is -2.46. The van der Waals surface area contributed by atoms with E-state index in [9.17, 15) is 0 Å². The van der Waals surface area contributed by atoms with Crippen molar-refractivity contribution in [1.29, 1.82) is 0 Å². The van der Waals surface area contributed by atoms with Gasteiger partial charge in [0.05, 0.1) is 19.8 Å². The van der Waals surface area contributed by atoms with Crippen molar-refractivity contribution in [3.8, 4) is 11.5 Å². The van der Waals surface area contributed by atoms with Crippen LogP contribution >= 0.6 is 15.9 Å². The molecule has 2 aliphatic heterocycles. The lowest BCUT2D eigenvalue weighted by molar-refractivity contribution is 0.131. The molecule has 3 nitrogen and oxygen atoms in total. The summed E-state index contributed by atoms with van der Waals surface area (Å²) in [5.74, 6) is 2.00. The van der Waals surface area contributed by atoms with Gasteiger partial charge in [0.2, 0.25) is 0 Å². The van der Waals surface area contributed by atoms with Crippen LogP contribution in [0.5, 0.6) is 11.5 Å². The molecule has 2 aromatic rings. The number of aryl methyl sites for hydroxylation is 1. The fraction of sp³-hybridized carbons (Fsp3) is 0.429. The molecule has 0 fully saturated rings. The maximum atomic E-state index is 6.21. The molecule has 2 atom stereocenters. The minimum atomic E-state index is 0.0244. The lowest BCUT2D eigenvalue weighted by atomic mass is 9.65. The van der Waals surface area contributed by atoms with Crippen LogP contribution in [0.4, 0.5) is 5.69 Å². The van der Waals surface area contributed by atoms with Gasteiger partial charge in [-0.3, -0.25) is 0 Å². The molecule has 0 radical (unpaired) electrons. The van der Waals surface area contributed by atoms with Crippen molar-refractivity contribution in [2.75, 3.05) is 19.0 Å². The molecule has 0 spiro atoms. The summed E-state index contributed by atoms with van der Waals surface area (Å²) in [5, 5.41) is 3.79. The zero-order valence-electron chi connectivity index (χ0n) is 15.2. The van der Waals surface area contributed by atoms with E-state index in [0.717, 1.165) is 28.0 Å². The Morgan fingerprint density at radius 1 is 1.28 bits per heavy atom. The first-order valence-corrected chi connectivity index (χ1v) is 9.65. The van der Waals surface area contributed by atoms with E-state index in [1.54, 1.807) is 7.11 Å². The van der Waals surface area contributed by atoms with Crippen LogP contribution in [0.3, 0.4) is 0 Å². The summed E-state index contributed by atoms with van der Waals surface area (Å²) in [6.45, 7) is 7.57. The molecule has 132 valence electrons. The molecule has 0 aliphatic carbocycles. The van der Waals surface area contributed by atoms with E-state index in [4.69, 9.17) is 9.47 Å². The Morgan fingerprint density at radius 2 is 2.08 bits per heavy atom. The minimum Gasteiger partial charge on any atom is -0.493 e. The molecule has 1 N–H and O–H groups in total. The van der Waals surface area contributed by atoms with E-state index in [1.807, 2.05) is 12.1 Å². The van der Waals surface area contributed by atoms with E-state index < -0.39 is 0 Å². The molecule has 0 amide bonds. The number of ether oxygens (including phenoxy) is 2. The van der Waals surface area contributed by atoms with Crippen LogP contribution in [0.25, 0.3) is 0 Å². The number of methoxy groups -OCH3 is 1. The van der Waals surface area contributed by atoms with Gasteiger partial charge in [-0.1, -0.05) is 48.8 Å². The van der Waals surface area contributed by atoms with Crippen molar-refractivity contribution in [3.05, 3.63) is 51.5 Å².